The van der Waals surface area contributed by atoms with Gasteiger partial charge in [0, 0.05) is 14.1 Å². The number of aliphatic imine (C=N–C) groups is 1. The molecule has 0 bridgehead atoms. The number of nitrogens with one attached hydrogen (secondary N) is 1. The molecule has 0 aromatic heterocycles. The highest BCUT2D eigenvalue weighted by atomic mass is 16.1. The summed E-state index contributed by atoms with van der Waals surface area (Å²) in [5.41, 5.74) is 0.507. The first-order chi connectivity index (χ1) is 3.72. The van der Waals surface area contributed by atoms with E-state index in [1.807, 2.05) is 0 Å². The lowest BCUT2D eigenvalue weighted by atomic mass is 10.4. The average molecular weight is 114 g/mol. The zero-order chi connectivity index (χ0) is 6.57. The lowest BCUT2D eigenvalue weighted by molar-refractivity contribution is -0.114. The molecule has 0 saturated heterocycles. The molecule has 0 aliphatic rings. The summed E-state index contributed by atoms with van der Waals surface area (Å²) in [4.78, 5) is 14.2. The first-order valence-corrected chi connectivity index (χ1v) is 2.37. The Morgan fingerprint density at radius 2 is 2.12 bits per heavy atom. The first-order valence-electron chi connectivity index (χ1n) is 2.37. The van der Waals surface area contributed by atoms with Gasteiger partial charge in [-0.2, -0.15) is 0 Å². The molecule has 8 heavy (non-hydrogen) atoms. The molecular formula is C5H10N2O. The van der Waals surface area contributed by atoms with Gasteiger partial charge in [0.05, 0.1) is 5.71 Å². The number of nitrogens with zero attached hydrogens (tertiary/aromatic N) is 1. The Morgan fingerprint density at radius 1 is 1.62 bits per heavy atom. The maximum atomic E-state index is 10.5. The normalized spacial score (nSPS) is 11.1. The number of hydrogen-bond acceptors (Lipinski definition) is 2. The van der Waals surface area contributed by atoms with Crippen LogP contribution in [0.1, 0.15) is 6.92 Å². The Balaban J connectivity index is 3.83. The van der Waals surface area contributed by atoms with Crippen molar-refractivity contribution in [3.8, 4) is 0 Å². The van der Waals surface area contributed by atoms with Gasteiger partial charge in [0.25, 0.3) is 5.91 Å². The van der Waals surface area contributed by atoms with Crippen LogP contribution in [0.15, 0.2) is 4.99 Å². The van der Waals surface area contributed by atoms with E-state index < -0.39 is 0 Å². The van der Waals surface area contributed by atoms with Crippen molar-refractivity contribution in [2.45, 2.75) is 6.92 Å². The van der Waals surface area contributed by atoms with Crippen LogP contribution in [0.4, 0.5) is 0 Å². The van der Waals surface area contributed by atoms with Gasteiger partial charge in [-0.25, -0.2) is 0 Å². The molecule has 0 fully saturated rings. The van der Waals surface area contributed by atoms with Crippen LogP contribution in [0.3, 0.4) is 0 Å². The summed E-state index contributed by atoms with van der Waals surface area (Å²) in [6.45, 7) is 1.67. The summed E-state index contributed by atoms with van der Waals surface area (Å²) in [6.07, 6.45) is 0. The second kappa shape index (κ2) is 3.18. The van der Waals surface area contributed by atoms with E-state index in [-0.39, 0.29) is 5.91 Å². The summed E-state index contributed by atoms with van der Waals surface area (Å²) in [5, 5.41) is 2.45. The molecule has 1 N–H and O–H groups in total. The fraction of sp³-hybridized carbons (Fsp3) is 0.600. The molecular weight excluding hydrogens is 104 g/mol. The summed E-state index contributed by atoms with van der Waals surface area (Å²) >= 11 is 0. The van der Waals surface area contributed by atoms with Gasteiger partial charge >= 0.3 is 0 Å². The largest absolute Gasteiger partial charge is 0.354 e. The van der Waals surface area contributed by atoms with Crippen LogP contribution in [0, 0.1) is 0 Å². The molecule has 0 radical (unpaired) electrons. The fourth-order valence-corrected chi connectivity index (χ4v) is 0.282. The lowest BCUT2D eigenvalue weighted by Crippen LogP contribution is -2.25. The minimum atomic E-state index is -0.118. The summed E-state index contributed by atoms with van der Waals surface area (Å²) < 4.78 is 0. The van der Waals surface area contributed by atoms with Gasteiger partial charge < -0.3 is 5.32 Å². The van der Waals surface area contributed by atoms with Crippen molar-refractivity contribution in [2.24, 2.45) is 4.99 Å². The summed E-state index contributed by atoms with van der Waals surface area (Å²) in [7, 11) is 3.17. The summed E-state index contributed by atoms with van der Waals surface area (Å²) in [5.74, 6) is -0.118. The van der Waals surface area contributed by atoms with E-state index in [0.29, 0.717) is 5.71 Å². The average Bonchev–Trinajstić information content (AvgIpc) is 1.84. The molecule has 0 unspecified atom stereocenters. The second-order valence-corrected chi connectivity index (χ2v) is 1.39. The smallest absolute Gasteiger partial charge is 0.264 e. The van der Waals surface area contributed by atoms with Crippen molar-refractivity contribution in [3.63, 3.8) is 0 Å². The van der Waals surface area contributed by atoms with Gasteiger partial charge in [-0.15, -0.1) is 0 Å². The third-order valence-electron chi connectivity index (χ3n) is 0.891. The molecule has 0 heterocycles. The van der Waals surface area contributed by atoms with E-state index in [2.05, 4.69) is 10.3 Å². The molecule has 1 amide bonds. The molecule has 0 saturated carbocycles. The Kier molecular flexibility index (Phi) is 2.84. The van der Waals surface area contributed by atoms with Gasteiger partial charge in [-0.1, -0.05) is 0 Å². The van der Waals surface area contributed by atoms with Crippen LogP contribution in [0.2, 0.25) is 0 Å². The Morgan fingerprint density at radius 3 is 2.25 bits per heavy atom. The summed E-state index contributed by atoms with van der Waals surface area (Å²) in [6, 6.07) is 0. The quantitative estimate of drug-likeness (QED) is 0.472. The highest BCUT2D eigenvalue weighted by molar-refractivity contribution is 6.37. The zero-order valence-electron chi connectivity index (χ0n) is 5.36. The van der Waals surface area contributed by atoms with E-state index in [1.165, 1.54) is 0 Å². The van der Waals surface area contributed by atoms with E-state index >= 15 is 0 Å². The van der Waals surface area contributed by atoms with Crippen molar-refractivity contribution in [2.75, 3.05) is 14.1 Å². The maximum Gasteiger partial charge on any atom is 0.264 e. The molecule has 0 spiro atoms. The van der Waals surface area contributed by atoms with Gasteiger partial charge in [0.1, 0.15) is 0 Å². The van der Waals surface area contributed by atoms with Crippen molar-refractivity contribution in [1.29, 1.82) is 0 Å². The van der Waals surface area contributed by atoms with Crippen molar-refractivity contribution in [1.82, 2.24) is 5.32 Å². The minimum absolute atomic E-state index is 0.118. The van der Waals surface area contributed by atoms with Crippen LogP contribution >= 0.6 is 0 Å². The van der Waals surface area contributed by atoms with Crippen molar-refractivity contribution < 1.29 is 4.79 Å². The Hall–Kier alpha value is -0.860. The van der Waals surface area contributed by atoms with E-state index in [9.17, 15) is 4.79 Å². The number of amides is 1. The Labute approximate surface area is 48.8 Å². The molecule has 0 aromatic rings. The number of carbonyl (C=O) groups excluding carboxylic acids is 1. The fourth-order valence-electron chi connectivity index (χ4n) is 0.282. The first kappa shape index (κ1) is 7.14. The molecule has 0 aromatic carbocycles. The van der Waals surface area contributed by atoms with Gasteiger partial charge in [-0.05, 0) is 6.92 Å². The molecule has 46 valence electrons. The van der Waals surface area contributed by atoms with Crippen molar-refractivity contribution in [3.05, 3.63) is 0 Å². The van der Waals surface area contributed by atoms with Crippen LogP contribution in [0.5, 0.6) is 0 Å². The standard InChI is InChI=1S/C5H10N2O/c1-4(6-2)5(8)7-3/h1-3H3,(H,7,8)/b6-4+. The predicted octanol–water partition coefficient (Wildman–Crippen LogP) is -0.177. The number of carbonyl (C=O) groups is 1. The third kappa shape index (κ3) is 1.73. The minimum Gasteiger partial charge on any atom is -0.354 e. The lowest BCUT2D eigenvalue weighted by Gasteiger charge is -1.93. The van der Waals surface area contributed by atoms with Gasteiger partial charge in [0.2, 0.25) is 0 Å². The third-order valence-corrected chi connectivity index (χ3v) is 0.891. The maximum absolute atomic E-state index is 10.5. The van der Waals surface area contributed by atoms with E-state index in [0.717, 1.165) is 0 Å². The van der Waals surface area contributed by atoms with Gasteiger partial charge in [-0.3, -0.25) is 9.79 Å². The zero-order valence-corrected chi connectivity index (χ0v) is 5.36. The number of rotatable bonds is 1. The van der Waals surface area contributed by atoms with E-state index in [4.69, 9.17) is 0 Å². The highest BCUT2D eigenvalue weighted by Gasteiger charge is 1.97. The molecule has 0 rings (SSSR count). The predicted molar refractivity (Wildman–Crippen MR) is 33.1 cm³/mol. The second-order valence-electron chi connectivity index (χ2n) is 1.39. The molecule has 0 aliphatic carbocycles. The SMILES string of the molecule is C/N=C(\C)C(=O)NC. The monoisotopic (exact) mass is 114 g/mol. The van der Waals surface area contributed by atoms with E-state index in [1.54, 1.807) is 21.0 Å². The molecule has 3 nitrogen and oxygen atoms in total. The molecule has 0 aliphatic heterocycles. The van der Waals surface area contributed by atoms with Crippen LogP contribution in [-0.4, -0.2) is 25.7 Å². The Bertz CT molecular complexity index is 118. The van der Waals surface area contributed by atoms with Crippen LogP contribution in [-0.2, 0) is 4.79 Å². The highest BCUT2D eigenvalue weighted by Crippen LogP contribution is 1.71. The van der Waals surface area contributed by atoms with Crippen LogP contribution in [0.25, 0.3) is 0 Å². The van der Waals surface area contributed by atoms with Gasteiger partial charge in [0.15, 0.2) is 0 Å². The van der Waals surface area contributed by atoms with Crippen molar-refractivity contribution >= 4 is 11.6 Å². The number of hydrogen-bond donors (Lipinski definition) is 1. The van der Waals surface area contributed by atoms with Crippen LogP contribution < -0.4 is 5.32 Å². The molecule has 3 heteroatoms. The topological polar surface area (TPSA) is 41.5 Å². The molecule has 0 atom stereocenters.